The maximum absolute atomic E-state index is 14.7. The van der Waals surface area contributed by atoms with E-state index in [1.165, 1.54) is 11.1 Å². The molecule has 3 amide bonds. The molecule has 2 aromatic carbocycles. The number of ether oxygens (including phenoxy) is 1. The molecule has 364 valence electrons. The number of nitrogens with zero attached hydrogens (tertiary/aromatic N) is 6. The molecule has 4 aromatic rings. The van der Waals surface area contributed by atoms with Crippen molar-refractivity contribution in [2.75, 3.05) is 57.8 Å². The summed E-state index contributed by atoms with van der Waals surface area (Å²) in [5, 5.41) is 17.0. The summed E-state index contributed by atoms with van der Waals surface area (Å²) >= 11 is 0. The number of likely N-dealkylation sites (tertiary alicyclic amines) is 1. The number of esters is 1. The van der Waals surface area contributed by atoms with E-state index in [1.807, 2.05) is 38.1 Å². The number of cyclic esters (lactones) is 1. The molecule has 3 fully saturated rings. The predicted molar refractivity (Wildman–Crippen MR) is 267 cm³/mol. The van der Waals surface area contributed by atoms with Crippen LogP contribution in [0.15, 0.2) is 67.4 Å². The normalized spacial score (nSPS) is 22.1. The summed E-state index contributed by atoms with van der Waals surface area (Å²) in [6, 6.07) is 13.8. The molecule has 6 bridgehead atoms. The van der Waals surface area contributed by atoms with Gasteiger partial charge in [-0.2, -0.15) is 0 Å². The van der Waals surface area contributed by atoms with Crippen LogP contribution in [0.5, 0.6) is 5.75 Å². The number of hydrazine groups is 1. The molecule has 0 aliphatic carbocycles. The highest BCUT2D eigenvalue weighted by Crippen LogP contribution is 2.41. The van der Waals surface area contributed by atoms with Crippen LogP contribution in [0.1, 0.15) is 84.8 Å². The number of carbonyl (C=O) groups excluding carboxylic acids is 4. The van der Waals surface area contributed by atoms with Crippen molar-refractivity contribution >= 4 is 40.4 Å². The van der Waals surface area contributed by atoms with E-state index in [-0.39, 0.29) is 48.3 Å². The molecule has 4 aliphatic heterocycles. The number of piperidine rings is 1. The number of rotatable bonds is 10. The van der Waals surface area contributed by atoms with Crippen molar-refractivity contribution in [3.8, 4) is 28.1 Å². The summed E-state index contributed by atoms with van der Waals surface area (Å²) in [7, 11) is 1.92. The predicted octanol–water partition coefficient (Wildman–Crippen LogP) is 6.97. The largest absolute Gasteiger partial charge is 0.508 e. The van der Waals surface area contributed by atoms with Crippen molar-refractivity contribution in [1.29, 1.82) is 0 Å². The number of hydrogen-bond donors (Lipinski definition) is 3. The molecular weight excluding hydrogens is 857 g/mol. The smallest absolute Gasteiger partial charge is 0.324 e. The van der Waals surface area contributed by atoms with Gasteiger partial charge in [-0.25, -0.2) is 10.4 Å². The molecule has 14 heteroatoms. The molecule has 0 unspecified atom stereocenters. The Hall–Kier alpha value is -5.73. The number of likely N-dealkylation sites (N-methyl/N-ethyl adjacent to an activating group) is 1. The third kappa shape index (κ3) is 10.6. The minimum absolute atomic E-state index is 0.0475. The minimum Gasteiger partial charge on any atom is -0.508 e. The Morgan fingerprint density at radius 3 is 2.49 bits per heavy atom. The molecule has 68 heavy (non-hydrogen) atoms. The van der Waals surface area contributed by atoms with Crippen LogP contribution in [-0.4, -0.2) is 124 Å². The molecule has 0 spiro atoms. The van der Waals surface area contributed by atoms with Crippen LogP contribution in [0.4, 0.5) is 5.82 Å². The maximum Gasteiger partial charge on any atom is 0.324 e. The van der Waals surface area contributed by atoms with Crippen LogP contribution >= 0.6 is 0 Å². The van der Waals surface area contributed by atoms with Crippen molar-refractivity contribution in [3.05, 3.63) is 78.5 Å². The first kappa shape index (κ1) is 48.7. The summed E-state index contributed by atoms with van der Waals surface area (Å²) in [4.78, 5) is 66.8. The number of aromatic hydroxyl groups is 1. The number of anilines is 1. The zero-order valence-corrected chi connectivity index (χ0v) is 41.2. The number of carbonyl (C=O) groups is 4. The monoisotopic (exact) mass is 929 g/mol. The van der Waals surface area contributed by atoms with Crippen molar-refractivity contribution < 1.29 is 29.0 Å². The lowest BCUT2D eigenvalue weighted by molar-refractivity contribution is -0.155. The molecule has 0 saturated carbocycles. The second kappa shape index (κ2) is 20.5. The van der Waals surface area contributed by atoms with E-state index < -0.39 is 29.5 Å². The number of nitrogens with one attached hydrogen (secondary N) is 2. The highest BCUT2D eigenvalue weighted by atomic mass is 16.5. The second-order valence-corrected chi connectivity index (χ2v) is 21.1. The van der Waals surface area contributed by atoms with Crippen LogP contribution in [-0.2, 0) is 43.3 Å². The topological polar surface area (TPSA) is 153 Å². The molecular formula is C54H72N8O6. The minimum atomic E-state index is -1.03. The first-order valence-corrected chi connectivity index (χ1v) is 24.9. The highest BCUT2D eigenvalue weighted by Gasteiger charge is 2.38. The van der Waals surface area contributed by atoms with Crippen molar-refractivity contribution in [3.63, 3.8) is 0 Å². The average Bonchev–Trinajstić information content (AvgIpc) is 3.91. The van der Waals surface area contributed by atoms with Gasteiger partial charge in [0.2, 0.25) is 11.8 Å². The van der Waals surface area contributed by atoms with Crippen LogP contribution < -0.4 is 15.6 Å². The summed E-state index contributed by atoms with van der Waals surface area (Å²) in [5.74, 6) is 0.641. The summed E-state index contributed by atoms with van der Waals surface area (Å²) in [5.41, 5.74) is 9.33. The third-order valence-corrected chi connectivity index (χ3v) is 14.7. The van der Waals surface area contributed by atoms with E-state index in [0.717, 1.165) is 89.5 Å². The number of benzene rings is 2. The van der Waals surface area contributed by atoms with E-state index in [4.69, 9.17) is 9.72 Å². The number of aryl methyl sites for hydroxylation is 1. The average molecular weight is 929 g/mol. The highest BCUT2D eigenvalue weighted by molar-refractivity contribution is 5.95. The first-order chi connectivity index (χ1) is 32.5. The number of amides is 3. The molecule has 6 heterocycles. The van der Waals surface area contributed by atoms with Crippen LogP contribution in [0.2, 0.25) is 0 Å². The van der Waals surface area contributed by atoms with Gasteiger partial charge >= 0.3 is 5.97 Å². The first-order valence-electron chi connectivity index (χ1n) is 24.9. The van der Waals surface area contributed by atoms with Gasteiger partial charge in [0.15, 0.2) is 0 Å². The molecule has 4 aliphatic rings. The number of aromatic nitrogens is 2. The Bertz CT molecular complexity index is 2510. The van der Waals surface area contributed by atoms with E-state index >= 15 is 0 Å². The van der Waals surface area contributed by atoms with Crippen molar-refractivity contribution in [1.82, 2.24) is 35.1 Å². The molecule has 3 saturated heterocycles. The van der Waals surface area contributed by atoms with E-state index in [2.05, 4.69) is 84.8 Å². The van der Waals surface area contributed by atoms with Crippen LogP contribution in [0.25, 0.3) is 33.3 Å². The lowest BCUT2D eigenvalue weighted by Crippen LogP contribution is -2.62. The standard InChI is InChI=1S/C54H72N8O6/c1-9-48(64)60-23-19-36(32-60)31-58(8)49(34(3)4)51(65)56-45-26-37-24-40(27-41(63)25-37)38-13-15-46-42(28-38)43(29-54(6,7)33-68-53(67)44-12-11-20-62(57-44)52(45)66)50(61(46)10-2)39-14-16-47(55-30-39)59-21-17-35(5)18-22-59/h9,13-16,24-25,27-28,30,34-36,44-45,49,57,63H,1,10-12,17-23,26,29,31-33H2,2-8H3,(H,56,65)/t36-,44+,45+,49+/m1/s1. The number of phenolic OH excluding ortho intramolecular Hbond substituents is 1. The Labute approximate surface area is 402 Å². The zero-order chi connectivity index (χ0) is 48.4. The summed E-state index contributed by atoms with van der Waals surface area (Å²) < 4.78 is 8.50. The molecule has 2 aromatic heterocycles. The lowest BCUT2D eigenvalue weighted by Gasteiger charge is -2.37. The Morgan fingerprint density at radius 1 is 1.01 bits per heavy atom. The van der Waals surface area contributed by atoms with Gasteiger partial charge in [0, 0.05) is 80.3 Å². The molecule has 8 rings (SSSR count). The van der Waals surface area contributed by atoms with Gasteiger partial charge in [0.1, 0.15) is 23.7 Å². The molecule has 4 atom stereocenters. The third-order valence-electron chi connectivity index (χ3n) is 14.7. The SMILES string of the molecule is C=CC(=O)N1CC[C@H](CN(C)[C@H](C(=O)N[C@H]2Cc3cc(O)cc(c3)-c3ccc4c(c3)c(c(-c3ccc(N5CCC(C)CC5)nc3)n4CC)CC(C)(C)COC(=O)[C@@H]3CCCN(N3)C2=O)C(C)C)C1. The zero-order valence-electron chi connectivity index (χ0n) is 41.2. The van der Waals surface area contributed by atoms with Gasteiger partial charge in [-0.3, -0.25) is 29.1 Å². The Balaban J connectivity index is 1.16. The van der Waals surface area contributed by atoms with Crippen molar-refractivity contribution in [2.24, 2.45) is 23.2 Å². The molecule has 3 N–H and O–H groups in total. The number of pyridine rings is 1. The fraction of sp³-hybridized carbons (Fsp3) is 0.537. The van der Waals surface area contributed by atoms with E-state index in [1.54, 1.807) is 17.0 Å². The second-order valence-electron chi connectivity index (χ2n) is 21.1. The van der Waals surface area contributed by atoms with Gasteiger partial charge in [-0.05, 0) is 135 Å². The summed E-state index contributed by atoms with van der Waals surface area (Å²) in [6.07, 6.45) is 8.22. The number of fused-ring (bicyclic) bond motifs is 6. The lowest BCUT2D eigenvalue weighted by atomic mass is 9.84. The Kier molecular flexibility index (Phi) is 14.7. The molecule has 0 radical (unpaired) electrons. The fourth-order valence-corrected chi connectivity index (χ4v) is 11.1. The maximum atomic E-state index is 14.7. The van der Waals surface area contributed by atoms with Gasteiger partial charge in [-0.1, -0.05) is 53.3 Å². The van der Waals surface area contributed by atoms with Crippen LogP contribution in [0, 0.1) is 23.2 Å². The number of hydrogen-bond acceptors (Lipinski definition) is 10. The van der Waals surface area contributed by atoms with Crippen LogP contribution in [0.3, 0.4) is 0 Å². The van der Waals surface area contributed by atoms with Crippen molar-refractivity contribution in [2.45, 2.75) is 111 Å². The number of phenols is 1. The van der Waals surface area contributed by atoms with Gasteiger partial charge < -0.3 is 29.5 Å². The van der Waals surface area contributed by atoms with Gasteiger partial charge in [0.25, 0.3) is 5.91 Å². The van der Waals surface area contributed by atoms with E-state index in [0.29, 0.717) is 51.0 Å². The van der Waals surface area contributed by atoms with Gasteiger partial charge in [-0.15, -0.1) is 0 Å². The van der Waals surface area contributed by atoms with E-state index in [9.17, 15) is 24.3 Å². The van der Waals surface area contributed by atoms with Gasteiger partial charge in [0.05, 0.1) is 18.3 Å². The Morgan fingerprint density at radius 2 is 1.78 bits per heavy atom. The quantitative estimate of drug-likeness (QED) is 0.112. The summed E-state index contributed by atoms with van der Waals surface area (Å²) in [6.45, 7) is 21.4. The fourth-order valence-electron chi connectivity index (χ4n) is 11.1. The molecule has 14 nitrogen and oxygen atoms in total.